The summed E-state index contributed by atoms with van der Waals surface area (Å²) >= 11 is 0. The summed E-state index contributed by atoms with van der Waals surface area (Å²) in [5, 5.41) is 23.5. The number of hydrogen-bond acceptors (Lipinski definition) is 5. The second-order valence-corrected chi connectivity index (χ2v) is 10.8. The molecule has 0 fully saturated rings. The molecule has 3 atom stereocenters. The third kappa shape index (κ3) is 5.81. The van der Waals surface area contributed by atoms with Crippen molar-refractivity contribution in [2.75, 3.05) is 0 Å². The lowest BCUT2D eigenvalue weighted by atomic mass is 9.91. The molecule has 3 aromatic carbocycles. The van der Waals surface area contributed by atoms with E-state index in [0.29, 0.717) is 0 Å². The van der Waals surface area contributed by atoms with Crippen LogP contribution in [-0.4, -0.2) is 56.0 Å². The van der Waals surface area contributed by atoms with Crippen LogP contribution in [0.4, 0.5) is 0 Å². The van der Waals surface area contributed by atoms with E-state index in [2.05, 4.69) is 10.3 Å². The van der Waals surface area contributed by atoms with Crippen molar-refractivity contribution in [3.8, 4) is 5.75 Å². The van der Waals surface area contributed by atoms with Crippen molar-refractivity contribution in [3.05, 3.63) is 100 Å². The predicted octanol–water partition coefficient (Wildman–Crippen LogP) is 3.13. The number of nitrogens with one attached hydrogen (secondary N) is 2. The number of carbonyl (C=O) groups excluding carboxylic acids is 2. The third-order valence-corrected chi connectivity index (χ3v) is 7.97. The second kappa shape index (κ2) is 11.5. The van der Waals surface area contributed by atoms with Crippen LogP contribution in [0, 0.1) is 13.8 Å². The normalized spacial score (nSPS) is 16.2. The first-order valence-electron chi connectivity index (χ1n) is 13.6. The number of carboxylic acid groups (broad SMARTS) is 1. The van der Waals surface area contributed by atoms with E-state index in [-0.39, 0.29) is 31.6 Å². The lowest BCUT2D eigenvalue weighted by Gasteiger charge is -2.38. The number of benzene rings is 3. The summed E-state index contributed by atoms with van der Waals surface area (Å²) in [7, 11) is 0. The molecule has 0 saturated heterocycles. The van der Waals surface area contributed by atoms with Crippen molar-refractivity contribution >= 4 is 28.7 Å². The van der Waals surface area contributed by atoms with Crippen LogP contribution in [-0.2, 0) is 40.2 Å². The molecule has 9 heteroatoms. The fourth-order valence-electron chi connectivity index (χ4n) is 5.79. The minimum atomic E-state index is -1.19. The van der Waals surface area contributed by atoms with E-state index in [9.17, 15) is 24.6 Å². The van der Waals surface area contributed by atoms with Gasteiger partial charge in [0.2, 0.25) is 11.8 Å². The van der Waals surface area contributed by atoms with Gasteiger partial charge in [0.1, 0.15) is 17.8 Å². The molecule has 0 aliphatic carbocycles. The van der Waals surface area contributed by atoms with Gasteiger partial charge in [0, 0.05) is 36.5 Å². The summed E-state index contributed by atoms with van der Waals surface area (Å²) < 4.78 is 0. The number of hydrogen-bond donors (Lipinski definition) is 5. The molecular formula is C32H34N4O5. The standard InChI is InChI=1S/C32H34N4O5/c1-18-11-23(37)12-19(2)25(18)15-26(33)31(39)36-17-21-8-4-3-7-20(21)14-29(36)30(38)35-28(32(40)41)13-22-16-34-27-10-6-5-9-24(22)27/h3-12,16,26,28-29,34,37H,13-15,17,33H2,1-2H3,(H,35,38)(H,40,41)/t26-,28-,29?/m0/s1. The Labute approximate surface area is 238 Å². The van der Waals surface area contributed by atoms with Gasteiger partial charge in [-0.05, 0) is 71.8 Å². The molecule has 0 radical (unpaired) electrons. The van der Waals surface area contributed by atoms with Gasteiger partial charge in [-0.3, -0.25) is 9.59 Å². The minimum Gasteiger partial charge on any atom is -0.508 e. The van der Waals surface area contributed by atoms with Crippen molar-refractivity contribution in [2.24, 2.45) is 5.73 Å². The van der Waals surface area contributed by atoms with Crippen LogP contribution >= 0.6 is 0 Å². The predicted molar refractivity (Wildman–Crippen MR) is 155 cm³/mol. The molecule has 2 heterocycles. The molecule has 41 heavy (non-hydrogen) atoms. The molecule has 9 nitrogen and oxygen atoms in total. The van der Waals surface area contributed by atoms with Crippen LogP contribution in [0.5, 0.6) is 5.75 Å². The molecule has 1 aliphatic heterocycles. The van der Waals surface area contributed by atoms with Gasteiger partial charge >= 0.3 is 5.97 Å². The fourth-order valence-corrected chi connectivity index (χ4v) is 5.79. The number of fused-ring (bicyclic) bond motifs is 2. The van der Waals surface area contributed by atoms with Gasteiger partial charge in [-0.25, -0.2) is 4.79 Å². The van der Waals surface area contributed by atoms with Gasteiger partial charge in [-0.2, -0.15) is 0 Å². The van der Waals surface area contributed by atoms with Gasteiger partial charge in [0.05, 0.1) is 6.04 Å². The molecule has 212 valence electrons. The first-order valence-corrected chi connectivity index (χ1v) is 13.6. The summed E-state index contributed by atoms with van der Waals surface area (Å²) in [5.74, 6) is -1.94. The lowest BCUT2D eigenvalue weighted by Crippen LogP contribution is -2.58. The van der Waals surface area contributed by atoms with E-state index in [1.165, 1.54) is 4.90 Å². The largest absolute Gasteiger partial charge is 0.508 e. The molecule has 1 aliphatic rings. The van der Waals surface area contributed by atoms with Crippen LogP contribution in [0.15, 0.2) is 66.9 Å². The van der Waals surface area contributed by atoms with E-state index in [1.807, 2.05) is 62.4 Å². The number of amides is 2. The zero-order valence-electron chi connectivity index (χ0n) is 23.1. The van der Waals surface area contributed by atoms with E-state index < -0.39 is 35.9 Å². The highest BCUT2D eigenvalue weighted by Crippen LogP contribution is 2.27. The van der Waals surface area contributed by atoms with Crippen LogP contribution < -0.4 is 11.1 Å². The molecule has 2 amide bonds. The third-order valence-electron chi connectivity index (χ3n) is 7.97. The molecule has 5 rings (SSSR count). The average molecular weight is 555 g/mol. The number of rotatable bonds is 8. The molecule has 6 N–H and O–H groups in total. The van der Waals surface area contributed by atoms with Gasteiger partial charge in [-0.1, -0.05) is 42.5 Å². The maximum Gasteiger partial charge on any atom is 0.326 e. The lowest BCUT2D eigenvalue weighted by molar-refractivity contribution is -0.146. The Balaban J connectivity index is 1.39. The molecule has 0 bridgehead atoms. The number of aromatic hydroxyl groups is 1. The highest BCUT2D eigenvalue weighted by Gasteiger charge is 2.38. The first kappa shape index (κ1) is 27.9. The van der Waals surface area contributed by atoms with E-state index >= 15 is 0 Å². The molecule has 1 unspecified atom stereocenters. The van der Waals surface area contributed by atoms with Crippen molar-refractivity contribution in [3.63, 3.8) is 0 Å². The van der Waals surface area contributed by atoms with Gasteiger partial charge in [0.15, 0.2) is 0 Å². The number of aromatic nitrogens is 1. The summed E-state index contributed by atoms with van der Waals surface area (Å²) in [4.78, 5) is 44.4. The highest BCUT2D eigenvalue weighted by molar-refractivity contribution is 5.93. The number of phenolic OH excluding ortho intramolecular Hbond substituents is 1. The van der Waals surface area contributed by atoms with Crippen molar-refractivity contribution in [1.29, 1.82) is 0 Å². The average Bonchev–Trinajstić information content (AvgIpc) is 3.36. The van der Waals surface area contributed by atoms with Crippen LogP contribution in [0.3, 0.4) is 0 Å². The molecule has 0 spiro atoms. The van der Waals surface area contributed by atoms with E-state index in [4.69, 9.17) is 5.73 Å². The smallest absolute Gasteiger partial charge is 0.326 e. The highest BCUT2D eigenvalue weighted by atomic mass is 16.4. The molecular weight excluding hydrogens is 520 g/mol. The first-order chi connectivity index (χ1) is 19.6. The maximum absolute atomic E-state index is 13.8. The maximum atomic E-state index is 13.8. The Morgan fingerprint density at radius 3 is 2.39 bits per heavy atom. The van der Waals surface area contributed by atoms with Gasteiger partial charge in [0.25, 0.3) is 0 Å². The second-order valence-electron chi connectivity index (χ2n) is 10.8. The number of carbonyl (C=O) groups is 3. The van der Waals surface area contributed by atoms with Crippen LogP contribution in [0.1, 0.15) is 33.4 Å². The van der Waals surface area contributed by atoms with E-state index in [0.717, 1.165) is 44.3 Å². The Bertz CT molecular complexity index is 1600. The Hall–Kier alpha value is -4.63. The summed E-state index contributed by atoms with van der Waals surface area (Å²) in [6.07, 6.45) is 2.33. The van der Waals surface area contributed by atoms with Crippen LogP contribution in [0.2, 0.25) is 0 Å². The Kier molecular flexibility index (Phi) is 7.81. The summed E-state index contributed by atoms with van der Waals surface area (Å²) in [6, 6.07) is 15.4. The van der Waals surface area contributed by atoms with Crippen molar-refractivity contribution in [1.82, 2.24) is 15.2 Å². The summed E-state index contributed by atoms with van der Waals surface area (Å²) in [5.41, 5.74) is 12.5. The number of aliphatic carboxylic acids is 1. The fraction of sp³-hybridized carbons (Fsp3) is 0.281. The number of phenols is 1. The number of para-hydroxylation sites is 1. The van der Waals surface area contributed by atoms with Gasteiger partial charge < -0.3 is 31.1 Å². The van der Waals surface area contributed by atoms with Gasteiger partial charge in [-0.15, -0.1) is 0 Å². The molecule has 4 aromatic rings. The minimum absolute atomic E-state index is 0.0846. The topological polar surface area (TPSA) is 149 Å². The number of nitrogens with zero attached hydrogens (tertiary/aromatic N) is 1. The van der Waals surface area contributed by atoms with Crippen LogP contribution in [0.25, 0.3) is 10.9 Å². The van der Waals surface area contributed by atoms with Crippen molar-refractivity contribution in [2.45, 2.75) is 57.8 Å². The Morgan fingerprint density at radius 2 is 1.68 bits per heavy atom. The number of aromatic amines is 1. The number of H-pyrrole nitrogens is 1. The van der Waals surface area contributed by atoms with E-state index in [1.54, 1.807) is 18.3 Å². The summed E-state index contributed by atoms with van der Waals surface area (Å²) in [6.45, 7) is 3.90. The SMILES string of the molecule is Cc1cc(O)cc(C)c1C[C@H](N)C(=O)N1Cc2ccccc2CC1C(=O)N[C@@H](Cc1c[nH]c2ccccc12)C(=O)O. The number of aryl methyl sites for hydroxylation is 2. The number of nitrogens with two attached hydrogens (primary N) is 1. The van der Waals surface area contributed by atoms with Crippen molar-refractivity contribution < 1.29 is 24.6 Å². The Morgan fingerprint density at radius 1 is 1.02 bits per heavy atom. The molecule has 1 aromatic heterocycles. The molecule has 0 saturated carbocycles. The quantitative estimate of drug-likeness (QED) is 0.226. The number of carboxylic acids is 1. The monoisotopic (exact) mass is 554 g/mol. The zero-order valence-corrected chi connectivity index (χ0v) is 23.1. The zero-order chi connectivity index (χ0) is 29.3.